The molecule has 0 amide bonds. The minimum atomic E-state index is 0.0370. The molecule has 2 rings (SSSR count). The van der Waals surface area contributed by atoms with Gasteiger partial charge in [0.05, 0.1) is 18.0 Å². The van der Waals surface area contributed by atoms with E-state index >= 15 is 0 Å². The molecule has 0 unspecified atom stereocenters. The Morgan fingerprint density at radius 2 is 2.33 bits per heavy atom. The fourth-order valence-corrected chi connectivity index (χ4v) is 2.20. The summed E-state index contributed by atoms with van der Waals surface area (Å²) in [4.78, 5) is 0. The summed E-state index contributed by atoms with van der Waals surface area (Å²) in [5.74, 6) is 0. The minimum Gasteiger partial charge on any atom is -0.390 e. The van der Waals surface area contributed by atoms with Gasteiger partial charge < -0.3 is 5.11 Å². The molecule has 0 saturated heterocycles. The van der Waals surface area contributed by atoms with Gasteiger partial charge in [-0.05, 0) is 31.4 Å². The predicted molar refractivity (Wildman–Crippen MR) is 61.8 cm³/mol. The van der Waals surface area contributed by atoms with Crippen molar-refractivity contribution in [1.29, 1.82) is 0 Å². The zero-order valence-corrected chi connectivity index (χ0v) is 9.66. The molecule has 1 N–H and O–H groups in total. The highest BCUT2D eigenvalue weighted by Gasteiger charge is 2.10. The maximum atomic E-state index is 9.22. The topological polar surface area (TPSA) is 38.0 Å². The van der Waals surface area contributed by atoms with Crippen molar-refractivity contribution in [3.8, 4) is 11.3 Å². The molecule has 2 heterocycles. The van der Waals surface area contributed by atoms with Crippen LogP contribution in [0.3, 0.4) is 0 Å². The highest BCUT2D eigenvalue weighted by molar-refractivity contribution is 7.08. The Morgan fingerprint density at radius 1 is 1.53 bits per heavy atom. The summed E-state index contributed by atoms with van der Waals surface area (Å²) in [5, 5.41) is 17.8. The van der Waals surface area contributed by atoms with Crippen molar-refractivity contribution in [3.05, 3.63) is 28.6 Å². The van der Waals surface area contributed by atoms with Crippen LogP contribution in [0.15, 0.2) is 22.9 Å². The highest BCUT2D eigenvalue weighted by Crippen LogP contribution is 2.23. The predicted octanol–water partition coefficient (Wildman–Crippen LogP) is 2.68. The first-order chi connectivity index (χ1) is 7.22. The Kier molecular flexibility index (Phi) is 2.88. The van der Waals surface area contributed by atoms with Gasteiger partial charge in [-0.1, -0.05) is 0 Å². The Balaban J connectivity index is 2.43. The van der Waals surface area contributed by atoms with Crippen molar-refractivity contribution in [1.82, 2.24) is 9.78 Å². The van der Waals surface area contributed by atoms with Crippen molar-refractivity contribution in [2.75, 3.05) is 0 Å². The lowest BCUT2D eigenvalue weighted by Gasteiger charge is -2.08. The summed E-state index contributed by atoms with van der Waals surface area (Å²) >= 11 is 1.65. The fraction of sp³-hybridized carbons (Fsp3) is 0.364. The lowest BCUT2D eigenvalue weighted by molar-refractivity contribution is 0.264. The van der Waals surface area contributed by atoms with Crippen LogP contribution in [0.25, 0.3) is 11.3 Å². The molecular formula is C11H14N2OS. The third-order valence-corrected chi connectivity index (χ3v) is 2.96. The smallest absolute Gasteiger partial charge is 0.0935 e. The maximum absolute atomic E-state index is 9.22. The fourth-order valence-electron chi connectivity index (χ4n) is 1.55. The highest BCUT2D eigenvalue weighted by atomic mass is 32.1. The van der Waals surface area contributed by atoms with Crippen molar-refractivity contribution in [2.45, 2.75) is 26.5 Å². The summed E-state index contributed by atoms with van der Waals surface area (Å²) in [6.07, 6.45) is 0. The van der Waals surface area contributed by atoms with Gasteiger partial charge in [0.25, 0.3) is 0 Å². The quantitative estimate of drug-likeness (QED) is 0.867. The molecule has 3 nitrogen and oxygen atoms in total. The van der Waals surface area contributed by atoms with E-state index in [1.807, 2.05) is 22.2 Å². The van der Waals surface area contributed by atoms with E-state index in [1.165, 1.54) is 0 Å². The summed E-state index contributed by atoms with van der Waals surface area (Å²) in [6, 6.07) is 4.26. The first-order valence-corrected chi connectivity index (χ1v) is 5.88. The average Bonchev–Trinajstić information content (AvgIpc) is 2.86. The van der Waals surface area contributed by atoms with Gasteiger partial charge in [0.1, 0.15) is 0 Å². The number of hydrogen-bond donors (Lipinski definition) is 1. The Bertz CT molecular complexity index is 431. The van der Waals surface area contributed by atoms with Gasteiger partial charge in [-0.25, -0.2) is 0 Å². The third-order valence-electron chi connectivity index (χ3n) is 2.28. The van der Waals surface area contributed by atoms with Gasteiger partial charge in [-0.15, -0.1) is 0 Å². The molecule has 0 bridgehead atoms. The van der Waals surface area contributed by atoms with E-state index in [0.29, 0.717) is 0 Å². The number of aromatic nitrogens is 2. The zero-order chi connectivity index (χ0) is 10.8. The molecule has 4 heteroatoms. The van der Waals surface area contributed by atoms with Crippen LogP contribution in [0.4, 0.5) is 0 Å². The molecule has 0 aliphatic heterocycles. The largest absolute Gasteiger partial charge is 0.390 e. The Labute approximate surface area is 93.0 Å². The molecule has 0 spiro atoms. The second-order valence-electron chi connectivity index (χ2n) is 3.73. The van der Waals surface area contributed by atoms with Crippen LogP contribution >= 0.6 is 11.3 Å². The van der Waals surface area contributed by atoms with E-state index in [4.69, 9.17) is 0 Å². The second-order valence-corrected chi connectivity index (χ2v) is 4.51. The molecule has 80 valence electrons. The van der Waals surface area contributed by atoms with Crippen molar-refractivity contribution < 1.29 is 5.11 Å². The van der Waals surface area contributed by atoms with Crippen molar-refractivity contribution in [3.63, 3.8) is 0 Å². The number of hydrogen-bond acceptors (Lipinski definition) is 3. The van der Waals surface area contributed by atoms with Crippen molar-refractivity contribution in [2.24, 2.45) is 0 Å². The van der Waals surface area contributed by atoms with Gasteiger partial charge in [0.15, 0.2) is 0 Å². The number of rotatable bonds is 3. The molecule has 0 saturated carbocycles. The molecule has 2 aromatic rings. The van der Waals surface area contributed by atoms with Gasteiger partial charge >= 0.3 is 0 Å². The van der Waals surface area contributed by atoms with Crippen LogP contribution in [0, 0.1) is 0 Å². The molecule has 15 heavy (non-hydrogen) atoms. The van der Waals surface area contributed by atoms with Gasteiger partial charge in [-0.3, -0.25) is 4.68 Å². The molecule has 0 radical (unpaired) electrons. The summed E-state index contributed by atoms with van der Waals surface area (Å²) in [6.45, 7) is 4.16. The maximum Gasteiger partial charge on any atom is 0.0935 e. The lowest BCUT2D eigenvalue weighted by Crippen LogP contribution is -2.07. The monoisotopic (exact) mass is 222 g/mol. The van der Waals surface area contributed by atoms with Crippen LogP contribution in [-0.4, -0.2) is 14.9 Å². The first kappa shape index (κ1) is 10.4. The Morgan fingerprint density at radius 3 is 2.80 bits per heavy atom. The van der Waals surface area contributed by atoms with E-state index in [0.717, 1.165) is 17.0 Å². The van der Waals surface area contributed by atoms with E-state index < -0.39 is 0 Å². The second kappa shape index (κ2) is 4.16. The van der Waals surface area contributed by atoms with Crippen LogP contribution in [-0.2, 0) is 6.61 Å². The van der Waals surface area contributed by atoms with Gasteiger partial charge in [0.2, 0.25) is 0 Å². The normalized spacial score (nSPS) is 11.2. The van der Waals surface area contributed by atoms with E-state index in [-0.39, 0.29) is 12.6 Å². The lowest BCUT2D eigenvalue weighted by atomic mass is 10.2. The summed E-state index contributed by atoms with van der Waals surface area (Å²) in [5.41, 5.74) is 2.93. The molecule has 2 aromatic heterocycles. The number of thiophene rings is 1. The van der Waals surface area contributed by atoms with Gasteiger partial charge in [0, 0.05) is 17.0 Å². The van der Waals surface area contributed by atoms with E-state index in [9.17, 15) is 5.11 Å². The van der Waals surface area contributed by atoms with E-state index in [1.54, 1.807) is 11.3 Å². The minimum absolute atomic E-state index is 0.0370. The third kappa shape index (κ3) is 1.96. The molecular weight excluding hydrogens is 208 g/mol. The first-order valence-electron chi connectivity index (χ1n) is 4.94. The van der Waals surface area contributed by atoms with Gasteiger partial charge in [-0.2, -0.15) is 16.4 Å². The number of nitrogens with zero attached hydrogens (tertiary/aromatic N) is 2. The molecule has 0 fully saturated rings. The summed E-state index contributed by atoms with van der Waals surface area (Å²) in [7, 11) is 0. The average molecular weight is 222 g/mol. The molecule has 0 aromatic carbocycles. The number of aliphatic hydroxyl groups excluding tert-OH is 1. The SMILES string of the molecule is CC(C)n1nc(-c2ccsc2)cc1CO. The van der Waals surface area contributed by atoms with Crippen LogP contribution in [0.1, 0.15) is 25.6 Å². The molecule has 0 aliphatic carbocycles. The number of aliphatic hydroxyl groups is 1. The Hall–Kier alpha value is -1.13. The van der Waals surface area contributed by atoms with E-state index in [2.05, 4.69) is 24.3 Å². The van der Waals surface area contributed by atoms with Crippen LogP contribution < -0.4 is 0 Å². The standard InChI is InChI=1S/C11H14N2OS/c1-8(2)13-10(6-14)5-11(12-13)9-3-4-15-7-9/h3-5,7-8,14H,6H2,1-2H3. The molecule has 0 aliphatic rings. The zero-order valence-electron chi connectivity index (χ0n) is 8.84. The van der Waals surface area contributed by atoms with Crippen molar-refractivity contribution >= 4 is 11.3 Å². The van der Waals surface area contributed by atoms with Crippen LogP contribution in [0.2, 0.25) is 0 Å². The summed E-state index contributed by atoms with van der Waals surface area (Å²) < 4.78 is 1.87. The molecule has 0 atom stereocenters. The van der Waals surface area contributed by atoms with Crippen LogP contribution in [0.5, 0.6) is 0 Å².